The highest BCUT2D eigenvalue weighted by Crippen LogP contribution is 2.49. The Morgan fingerprint density at radius 2 is 1.76 bits per heavy atom. The molecular formula is C33H29BrN2O2. The molecular weight excluding hydrogens is 536 g/mol. The van der Waals surface area contributed by atoms with Gasteiger partial charge in [-0.05, 0) is 83.1 Å². The molecule has 0 bridgehead atoms. The molecule has 38 heavy (non-hydrogen) atoms. The fraction of sp³-hybridized carbons (Fsp3) is 0.182. The average molecular weight is 566 g/mol. The van der Waals surface area contributed by atoms with E-state index >= 15 is 0 Å². The largest absolute Gasteiger partial charge is 0.493 e. The number of para-hydroxylation sites is 1. The molecule has 1 heterocycles. The number of nitrogens with one attached hydrogen (secondary N) is 1. The van der Waals surface area contributed by atoms with Crippen LogP contribution in [-0.2, 0) is 6.61 Å². The van der Waals surface area contributed by atoms with Crippen LogP contribution in [0, 0.1) is 5.92 Å². The van der Waals surface area contributed by atoms with Crippen LogP contribution >= 0.6 is 15.9 Å². The smallest absolute Gasteiger partial charge is 0.161 e. The highest BCUT2D eigenvalue weighted by Gasteiger charge is 2.37. The molecule has 0 fully saturated rings. The molecule has 0 saturated heterocycles. The number of rotatable bonds is 7. The maximum Gasteiger partial charge on any atom is 0.161 e. The second-order valence-corrected chi connectivity index (χ2v) is 10.7. The van der Waals surface area contributed by atoms with E-state index < -0.39 is 0 Å². The van der Waals surface area contributed by atoms with Crippen molar-refractivity contribution in [2.24, 2.45) is 10.9 Å². The van der Waals surface area contributed by atoms with Crippen molar-refractivity contribution in [2.75, 3.05) is 12.4 Å². The molecule has 3 atom stereocenters. The number of methoxy groups -OCH3 is 1. The first-order valence-corrected chi connectivity index (χ1v) is 13.7. The average Bonchev–Trinajstić information content (AvgIpc) is 3.46. The van der Waals surface area contributed by atoms with Gasteiger partial charge >= 0.3 is 0 Å². The van der Waals surface area contributed by atoms with Crippen molar-refractivity contribution < 1.29 is 9.47 Å². The highest BCUT2D eigenvalue weighted by molar-refractivity contribution is 9.10. The number of nitrogens with zero attached hydrogens (tertiary/aromatic N) is 1. The minimum absolute atomic E-state index is 0.289. The summed E-state index contributed by atoms with van der Waals surface area (Å²) < 4.78 is 12.6. The monoisotopic (exact) mass is 564 g/mol. The lowest BCUT2D eigenvalue weighted by atomic mass is 9.77. The number of hydrogen-bond acceptors (Lipinski definition) is 4. The zero-order valence-electron chi connectivity index (χ0n) is 21.2. The van der Waals surface area contributed by atoms with Crippen LogP contribution in [0.3, 0.4) is 0 Å². The number of benzene rings is 4. The Bertz CT molecular complexity index is 1480. The van der Waals surface area contributed by atoms with Crippen molar-refractivity contribution in [3.63, 3.8) is 0 Å². The third-order valence-corrected chi connectivity index (χ3v) is 7.91. The van der Waals surface area contributed by atoms with Gasteiger partial charge in [0.25, 0.3) is 0 Å². The summed E-state index contributed by atoms with van der Waals surface area (Å²) in [5, 5.41) is 3.80. The van der Waals surface area contributed by atoms with Crippen LogP contribution in [0.2, 0.25) is 0 Å². The SMILES string of the molecule is COc1cc(C=Nc2ccc([C@@H]3Nc4ccccc4[C@H]4C=CC[C@H]43)cc2)ccc1OCc1ccc(Br)cc1. The van der Waals surface area contributed by atoms with E-state index in [4.69, 9.17) is 14.5 Å². The standard InChI is InChI=1S/C33H29BrN2O2/c1-37-32-19-23(11-18-31(32)38-21-22-9-14-25(34)15-10-22)20-35-26-16-12-24(13-17-26)33-29-7-4-6-27(29)28-5-2-3-8-30(28)36-33/h2-6,8-20,27,29,33,36H,7,21H2,1H3/t27-,29-,33+/m1/s1. The van der Waals surface area contributed by atoms with Crippen LogP contribution in [0.25, 0.3) is 0 Å². The van der Waals surface area contributed by atoms with Crippen molar-refractivity contribution in [1.82, 2.24) is 0 Å². The van der Waals surface area contributed by atoms with Gasteiger partial charge in [0, 0.05) is 22.3 Å². The van der Waals surface area contributed by atoms with E-state index in [2.05, 4.69) is 81.9 Å². The van der Waals surface area contributed by atoms with Crippen LogP contribution in [0.4, 0.5) is 11.4 Å². The van der Waals surface area contributed by atoms with E-state index in [9.17, 15) is 0 Å². The molecule has 2 aliphatic rings. The van der Waals surface area contributed by atoms with E-state index in [0.29, 0.717) is 29.9 Å². The molecule has 4 aromatic rings. The maximum atomic E-state index is 6.00. The lowest BCUT2D eigenvalue weighted by Gasteiger charge is -2.37. The van der Waals surface area contributed by atoms with Gasteiger partial charge < -0.3 is 14.8 Å². The van der Waals surface area contributed by atoms with Crippen molar-refractivity contribution in [2.45, 2.75) is 25.0 Å². The normalized spacial score (nSPS) is 19.6. The Balaban J connectivity index is 1.14. The Morgan fingerprint density at radius 1 is 0.947 bits per heavy atom. The van der Waals surface area contributed by atoms with Crippen LogP contribution in [0.1, 0.15) is 40.6 Å². The Morgan fingerprint density at radius 3 is 2.58 bits per heavy atom. The first kappa shape index (κ1) is 24.5. The summed E-state index contributed by atoms with van der Waals surface area (Å²) in [7, 11) is 1.66. The summed E-state index contributed by atoms with van der Waals surface area (Å²) in [6, 6.07) is 31.5. The quantitative estimate of drug-likeness (QED) is 0.180. The summed E-state index contributed by atoms with van der Waals surface area (Å²) in [6.07, 6.45) is 7.67. The molecule has 0 spiro atoms. The van der Waals surface area contributed by atoms with Crippen molar-refractivity contribution in [3.05, 3.63) is 130 Å². The van der Waals surface area contributed by atoms with E-state index in [1.165, 1.54) is 16.8 Å². The minimum Gasteiger partial charge on any atom is -0.493 e. The van der Waals surface area contributed by atoms with Gasteiger partial charge in [-0.1, -0.05) is 70.5 Å². The van der Waals surface area contributed by atoms with Gasteiger partial charge in [0.05, 0.1) is 18.8 Å². The van der Waals surface area contributed by atoms with Crippen LogP contribution < -0.4 is 14.8 Å². The van der Waals surface area contributed by atoms with Crippen LogP contribution in [0.5, 0.6) is 11.5 Å². The van der Waals surface area contributed by atoms with Gasteiger partial charge in [-0.15, -0.1) is 0 Å². The third-order valence-electron chi connectivity index (χ3n) is 7.38. The summed E-state index contributed by atoms with van der Waals surface area (Å²) in [5.74, 6) is 2.41. The van der Waals surface area contributed by atoms with Crippen molar-refractivity contribution >= 4 is 33.5 Å². The van der Waals surface area contributed by atoms with Gasteiger partial charge in [-0.3, -0.25) is 4.99 Å². The molecule has 1 aliphatic carbocycles. The van der Waals surface area contributed by atoms with Crippen molar-refractivity contribution in [1.29, 1.82) is 0 Å². The topological polar surface area (TPSA) is 42.8 Å². The van der Waals surface area contributed by atoms with Crippen LogP contribution in [0.15, 0.2) is 113 Å². The summed E-state index contributed by atoms with van der Waals surface area (Å²) in [5.41, 5.74) is 6.91. The molecule has 0 unspecified atom stereocenters. The Kier molecular flexibility index (Phi) is 7.02. The van der Waals surface area contributed by atoms with Crippen LogP contribution in [-0.4, -0.2) is 13.3 Å². The predicted molar refractivity (Wildman–Crippen MR) is 158 cm³/mol. The molecule has 0 saturated carbocycles. The molecule has 6 rings (SSSR count). The number of halogens is 1. The fourth-order valence-corrected chi connectivity index (χ4v) is 5.68. The number of aliphatic imine (C=N–C) groups is 1. The number of fused-ring (bicyclic) bond motifs is 3. The molecule has 1 N–H and O–H groups in total. The van der Waals surface area contributed by atoms with Gasteiger partial charge in [0.2, 0.25) is 0 Å². The predicted octanol–water partition coefficient (Wildman–Crippen LogP) is 8.61. The Labute approximate surface area is 232 Å². The minimum atomic E-state index is 0.289. The maximum absolute atomic E-state index is 6.00. The summed E-state index contributed by atoms with van der Waals surface area (Å²) >= 11 is 3.46. The van der Waals surface area contributed by atoms with Gasteiger partial charge in [0.1, 0.15) is 6.61 Å². The van der Waals surface area contributed by atoms with Gasteiger partial charge in [-0.2, -0.15) is 0 Å². The second-order valence-electron chi connectivity index (χ2n) is 9.74. The van der Waals surface area contributed by atoms with Crippen molar-refractivity contribution in [3.8, 4) is 11.5 Å². The second kappa shape index (κ2) is 10.9. The summed E-state index contributed by atoms with van der Waals surface area (Å²) in [6.45, 7) is 0.475. The summed E-state index contributed by atoms with van der Waals surface area (Å²) in [4.78, 5) is 4.71. The van der Waals surface area contributed by atoms with E-state index in [0.717, 1.165) is 27.7 Å². The lowest BCUT2D eigenvalue weighted by Crippen LogP contribution is -2.28. The number of ether oxygens (including phenoxy) is 2. The van der Waals surface area contributed by atoms with E-state index in [1.54, 1.807) is 7.11 Å². The fourth-order valence-electron chi connectivity index (χ4n) is 5.42. The Hall–Kier alpha value is -3.83. The van der Waals surface area contributed by atoms with E-state index in [1.807, 2.05) is 48.7 Å². The number of hydrogen-bond donors (Lipinski definition) is 1. The van der Waals surface area contributed by atoms with Gasteiger partial charge in [-0.25, -0.2) is 0 Å². The highest BCUT2D eigenvalue weighted by atomic mass is 79.9. The zero-order chi connectivity index (χ0) is 25.9. The number of anilines is 1. The molecule has 190 valence electrons. The third kappa shape index (κ3) is 5.11. The van der Waals surface area contributed by atoms with Gasteiger partial charge in [0.15, 0.2) is 11.5 Å². The molecule has 4 aromatic carbocycles. The molecule has 0 amide bonds. The molecule has 0 aromatic heterocycles. The first-order valence-electron chi connectivity index (χ1n) is 12.9. The molecule has 0 radical (unpaired) electrons. The molecule has 1 aliphatic heterocycles. The molecule has 5 heteroatoms. The lowest BCUT2D eigenvalue weighted by molar-refractivity contribution is 0.284. The molecule has 4 nitrogen and oxygen atoms in total. The van der Waals surface area contributed by atoms with E-state index in [-0.39, 0.29) is 6.04 Å². The first-order chi connectivity index (χ1) is 18.7. The zero-order valence-corrected chi connectivity index (χ0v) is 22.8. The number of allylic oxidation sites excluding steroid dienone is 2.